The molecule has 1 aliphatic heterocycles. The van der Waals surface area contributed by atoms with Crippen LogP contribution in [0.15, 0.2) is 61.1 Å². The minimum Gasteiger partial charge on any atom is -0.342 e. The van der Waals surface area contributed by atoms with Crippen molar-refractivity contribution in [3.05, 3.63) is 83.8 Å². The number of pyridine rings is 1. The lowest BCUT2D eigenvalue weighted by Gasteiger charge is -2.29. The maximum absolute atomic E-state index is 15.5. The van der Waals surface area contributed by atoms with Crippen molar-refractivity contribution in [3.63, 3.8) is 0 Å². The Balaban J connectivity index is 1.44. The van der Waals surface area contributed by atoms with Crippen LogP contribution in [-0.2, 0) is 19.5 Å². The van der Waals surface area contributed by atoms with Crippen LogP contribution in [0, 0.1) is 12.7 Å². The van der Waals surface area contributed by atoms with E-state index in [4.69, 9.17) is 0 Å². The van der Waals surface area contributed by atoms with Crippen molar-refractivity contribution in [2.45, 2.75) is 31.9 Å². The van der Waals surface area contributed by atoms with Crippen LogP contribution < -0.4 is 5.32 Å². The first kappa shape index (κ1) is 24.8. The summed E-state index contributed by atoms with van der Waals surface area (Å²) in [5, 5.41) is 14.8. The summed E-state index contributed by atoms with van der Waals surface area (Å²) in [4.78, 5) is 4.40. The monoisotopic (exact) mass is 540 g/mol. The van der Waals surface area contributed by atoms with E-state index in [1.54, 1.807) is 53.1 Å². The van der Waals surface area contributed by atoms with Crippen LogP contribution in [0.1, 0.15) is 23.0 Å². The highest BCUT2D eigenvalue weighted by Gasteiger charge is 2.46. The van der Waals surface area contributed by atoms with E-state index < -0.39 is 35.6 Å². The molecule has 0 saturated carbocycles. The number of hydrogen-bond acceptors (Lipinski definition) is 5. The topological polar surface area (TPSA) is 78.4 Å². The van der Waals surface area contributed by atoms with Crippen LogP contribution in [0.3, 0.4) is 0 Å². The van der Waals surface area contributed by atoms with Crippen LogP contribution in [0.25, 0.3) is 22.6 Å². The quantitative estimate of drug-likeness (QED) is 0.280. The molecule has 0 spiro atoms. The molecule has 5 heterocycles. The molecule has 0 fully saturated rings. The van der Waals surface area contributed by atoms with Gasteiger partial charge in [0.25, 0.3) is 6.43 Å². The van der Waals surface area contributed by atoms with Crippen molar-refractivity contribution < 1.29 is 22.0 Å². The molecule has 6 rings (SSSR count). The van der Waals surface area contributed by atoms with Crippen molar-refractivity contribution >= 4 is 11.6 Å². The first-order valence-corrected chi connectivity index (χ1v) is 11.9. The van der Waals surface area contributed by atoms with Crippen LogP contribution >= 0.6 is 0 Å². The number of halogens is 5. The van der Waals surface area contributed by atoms with Gasteiger partial charge in [-0.2, -0.15) is 13.9 Å². The highest BCUT2D eigenvalue weighted by atomic mass is 19.3. The molecular weight excluding hydrogens is 519 g/mol. The average Bonchev–Trinajstić information content (AvgIpc) is 3.63. The third kappa shape index (κ3) is 4.04. The van der Waals surface area contributed by atoms with E-state index >= 15 is 8.78 Å². The molecule has 13 heteroatoms. The summed E-state index contributed by atoms with van der Waals surface area (Å²) in [6.45, 7) is 1.55. The second-order valence-corrected chi connectivity index (χ2v) is 9.29. The summed E-state index contributed by atoms with van der Waals surface area (Å²) in [5.74, 6) is -5.10. The van der Waals surface area contributed by atoms with Gasteiger partial charge in [-0.1, -0.05) is 12.1 Å². The van der Waals surface area contributed by atoms with Crippen molar-refractivity contribution in [1.82, 2.24) is 34.1 Å². The molecule has 8 nitrogen and oxygen atoms in total. The molecule has 0 bridgehead atoms. The van der Waals surface area contributed by atoms with Gasteiger partial charge in [-0.15, -0.1) is 10.2 Å². The molecular formula is C26H21F5N8. The predicted molar refractivity (Wildman–Crippen MR) is 132 cm³/mol. The Hall–Kier alpha value is -4.55. The first-order valence-electron chi connectivity index (χ1n) is 11.9. The molecule has 0 amide bonds. The number of aryl methyl sites for hydroxylation is 2. The van der Waals surface area contributed by atoms with Gasteiger partial charge in [0.05, 0.1) is 17.5 Å². The lowest BCUT2D eigenvalue weighted by atomic mass is 10.0. The minimum absolute atomic E-state index is 0.149. The number of rotatable bonds is 6. The van der Waals surface area contributed by atoms with Gasteiger partial charge in [-0.25, -0.2) is 18.2 Å². The summed E-state index contributed by atoms with van der Waals surface area (Å²) in [6.07, 6.45) is 1.97. The molecule has 0 saturated heterocycles. The zero-order valence-corrected chi connectivity index (χ0v) is 20.7. The third-order valence-corrected chi connectivity index (χ3v) is 6.81. The van der Waals surface area contributed by atoms with E-state index in [-0.39, 0.29) is 12.4 Å². The fourth-order valence-corrected chi connectivity index (χ4v) is 4.83. The zero-order chi connectivity index (χ0) is 27.5. The number of anilines is 2. The Morgan fingerprint density at radius 1 is 1.10 bits per heavy atom. The second kappa shape index (κ2) is 9.03. The molecule has 0 radical (unpaired) electrons. The number of hydrogen-bond donors (Lipinski definition) is 1. The van der Waals surface area contributed by atoms with Crippen molar-refractivity contribution in [2.24, 2.45) is 7.05 Å². The molecule has 1 N–H and O–H groups in total. The Labute approximate surface area is 218 Å². The molecule has 4 aromatic heterocycles. The molecule has 39 heavy (non-hydrogen) atoms. The molecule has 1 aromatic carbocycles. The van der Waals surface area contributed by atoms with E-state index in [1.165, 1.54) is 12.1 Å². The van der Waals surface area contributed by atoms with Gasteiger partial charge in [0, 0.05) is 37.6 Å². The molecule has 5 aromatic rings. The Morgan fingerprint density at radius 2 is 1.90 bits per heavy atom. The fraction of sp³-hybridized carbons (Fsp3) is 0.231. The van der Waals surface area contributed by atoms with Gasteiger partial charge in [-0.3, -0.25) is 9.25 Å². The fourth-order valence-electron chi connectivity index (χ4n) is 4.83. The Morgan fingerprint density at radius 3 is 2.62 bits per heavy atom. The SMILES string of the molecule is Cc1cnc(Nc2ccnn2C)cc1-c1cc2n(c1)C[C@H](C(F)F)n1c-2nnc1C(F)(F)c1ccccc1F. The maximum Gasteiger partial charge on any atom is 0.334 e. The van der Waals surface area contributed by atoms with E-state index in [0.717, 1.165) is 27.8 Å². The third-order valence-electron chi connectivity index (χ3n) is 6.81. The van der Waals surface area contributed by atoms with Crippen LogP contribution in [0.5, 0.6) is 0 Å². The van der Waals surface area contributed by atoms with Gasteiger partial charge in [-0.05, 0) is 42.3 Å². The number of benzene rings is 1. The van der Waals surface area contributed by atoms with Crippen LogP contribution in [0.4, 0.5) is 33.6 Å². The lowest BCUT2D eigenvalue weighted by molar-refractivity contribution is 0.0117. The lowest BCUT2D eigenvalue weighted by Crippen LogP contribution is -2.33. The summed E-state index contributed by atoms with van der Waals surface area (Å²) >= 11 is 0. The van der Waals surface area contributed by atoms with Gasteiger partial charge in [0.15, 0.2) is 5.82 Å². The van der Waals surface area contributed by atoms with E-state index in [2.05, 4.69) is 25.6 Å². The number of aromatic nitrogens is 7. The first-order chi connectivity index (χ1) is 18.6. The van der Waals surface area contributed by atoms with Gasteiger partial charge >= 0.3 is 5.92 Å². The molecule has 200 valence electrons. The summed E-state index contributed by atoms with van der Waals surface area (Å²) in [5.41, 5.74) is 1.60. The normalized spacial score (nSPS) is 14.9. The zero-order valence-electron chi connectivity index (χ0n) is 20.7. The largest absolute Gasteiger partial charge is 0.342 e. The smallest absolute Gasteiger partial charge is 0.334 e. The number of nitrogens with zero attached hydrogens (tertiary/aromatic N) is 7. The number of fused-ring (bicyclic) bond motifs is 3. The highest BCUT2D eigenvalue weighted by Crippen LogP contribution is 2.43. The van der Waals surface area contributed by atoms with Gasteiger partial charge in [0.2, 0.25) is 5.82 Å². The average molecular weight is 541 g/mol. The summed E-state index contributed by atoms with van der Waals surface area (Å²) in [6, 6.07) is 7.88. The van der Waals surface area contributed by atoms with Crippen LogP contribution in [-0.4, -0.2) is 40.5 Å². The number of nitrogens with one attached hydrogen (secondary N) is 1. The Kier molecular flexibility index (Phi) is 5.74. The van der Waals surface area contributed by atoms with Crippen molar-refractivity contribution in [2.75, 3.05) is 5.32 Å². The Bertz CT molecular complexity index is 1690. The molecule has 1 aliphatic rings. The summed E-state index contributed by atoms with van der Waals surface area (Å²) in [7, 11) is 1.78. The van der Waals surface area contributed by atoms with Gasteiger partial charge < -0.3 is 9.88 Å². The standard InChI is InChI=1S/C26H21F5N8/c1-14-11-32-21(34-22-7-8-33-37(22)2)10-16(14)15-9-19-24-35-36-25(26(30,31)17-5-3-4-6-18(17)27)39(24)20(23(28)29)13-38(19)12-15/h3-12,20,23H,13H2,1-2H3,(H,32,34)/t20-/m1/s1. The van der Waals surface area contributed by atoms with Gasteiger partial charge in [0.1, 0.15) is 23.5 Å². The highest BCUT2D eigenvalue weighted by molar-refractivity contribution is 5.75. The van der Waals surface area contributed by atoms with E-state index in [9.17, 15) is 13.2 Å². The minimum atomic E-state index is -3.99. The second-order valence-electron chi connectivity index (χ2n) is 9.29. The number of alkyl halides is 4. The van der Waals surface area contributed by atoms with Crippen molar-refractivity contribution in [1.29, 1.82) is 0 Å². The molecule has 1 atom stereocenters. The van der Waals surface area contributed by atoms with Crippen molar-refractivity contribution in [3.8, 4) is 22.6 Å². The van der Waals surface area contributed by atoms with E-state index in [1.807, 2.05) is 6.92 Å². The molecule has 0 aliphatic carbocycles. The summed E-state index contributed by atoms with van der Waals surface area (Å²) < 4.78 is 77.7. The van der Waals surface area contributed by atoms with E-state index in [0.29, 0.717) is 22.9 Å². The van der Waals surface area contributed by atoms with Crippen LogP contribution in [0.2, 0.25) is 0 Å². The predicted octanol–water partition coefficient (Wildman–Crippen LogP) is 5.69. The molecule has 0 unspecified atom stereocenters. The maximum atomic E-state index is 15.5.